The Morgan fingerprint density at radius 3 is 2.70 bits per heavy atom. The van der Waals surface area contributed by atoms with Crippen LogP contribution in [0.25, 0.3) is 11.3 Å². The van der Waals surface area contributed by atoms with Crippen molar-refractivity contribution in [3.05, 3.63) is 62.7 Å². The number of aromatic amines is 2. The number of hydrogen-bond acceptors (Lipinski definition) is 4. The van der Waals surface area contributed by atoms with Crippen LogP contribution in [0, 0.1) is 17.6 Å². The van der Waals surface area contributed by atoms with Gasteiger partial charge in [-0.3, -0.25) is 9.89 Å². The zero-order valence-electron chi connectivity index (χ0n) is 16.2. The maximum Gasteiger partial charge on any atom is 0.251 e. The van der Waals surface area contributed by atoms with E-state index in [1.54, 1.807) is 6.07 Å². The molecule has 5 nitrogen and oxygen atoms in total. The van der Waals surface area contributed by atoms with Gasteiger partial charge in [-0.25, -0.2) is 13.8 Å². The summed E-state index contributed by atoms with van der Waals surface area (Å²) < 4.78 is 26.7. The fourth-order valence-electron chi connectivity index (χ4n) is 3.78. The van der Waals surface area contributed by atoms with Crippen LogP contribution in [0.5, 0.6) is 0 Å². The molecular formula is C21H21ClF2N4OS. The Morgan fingerprint density at radius 2 is 1.93 bits per heavy atom. The smallest absolute Gasteiger partial charge is 0.251 e. The van der Waals surface area contributed by atoms with E-state index in [9.17, 15) is 13.6 Å². The minimum atomic E-state index is -0.953. The third-order valence-corrected chi connectivity index (χ3v) is 6.62. The molecule has 2 heterocycles. The molecular weight excluding hydrogens is 430 g/mol. The first kappa shape index (κ1) is 21.1. The molecule has 9 heteroatoms. The summed E-state index contributed by atoms with van der Waals surface area (Å²) in [5.74, 6) is -0.918. The normalized spacial score (nSPS) is 14.9. The van der Waals surface area contributed by atoms with Gasteiger partial charge in [0.25, 0.3) is 5.56 Å². The Morgan fingerprint density at radius 1 is 1.13 bits per heavy atom. The standard InChI is InChI=1S/C21H21ClF2N4OS/c22-19-17(27-28-20(19)13-6-7-15(23)16(24)9-13)11-30-21-25-14(10-18(29)26-21)8-12-4-2-1-3-5-12/h6-7,9-10,12H,1-5,8,11H2,(H,27,28)(H,25,26,29). The van der Waals surface area contributed by atoms with E-state index in [0.29, 0.717) is 38.8 Å². The number of nitrogens with zero attached hydrogens (tertiary/aromatic N) is 2. The second kappa shape index (κ2) is 9.31. The average Bonchev–Trinajstić information content (AvgIpc) is 3.09. The van der Waals surface area contributed by atoms with Crippen LogP contribution in [0.4, 0.5) is 8.78 Å². The van der Waals surface area contributed by atoms with Gasteiger partial charge in [-0.1, -0.05) is 55.5 Å². The summed E-state index contributed by atoms with van der Waals surface area (Å²) in [6, 6.07) is 5.12. The lowest BCUT2D eigenvalue weighted by Gasteiger charge is -2.20. The van der Waals surface area contributed by atoms with E-state index >= 15 is 0 Å². The Labute approximate surface area is 181 Å². The van der Waals surface area contributed by atoms with Crippen LogP contribution in [0.3, 0.4) is 0 Å². The molecule has 158 valence electrons. The molecule has 30 heavy (non-hydrogen) atoms. The van der Waals surface area contributed by atoms with Crippen molar-refractivity contribution in [2.24, 2.45) is 5.92 Å². The summed E-state index contributed by atoms with van der Waals surface area (Å²) in [4.78, 5) is 19.4. The summed E-state index contributed by atoms with van der Waals surface area (Å²) in [5.41, 5.74) is 2.00. The van der Waals surface area contributed by atoms with E-state index in [1.165, 1.54) is 49.9 Å². The third-order valence-electron chi connectivity index (χ3n) is 5.32. The lowest BCUT2D eigenvalue weighted by Crippen LogP contribution is -2.15. The predicted octanol–water partition coefficient (Wildman–Crippen LogP) is 5.51. The van der Waals surface area contributed by atoms with Gasteiger partial charge in [0.05, 0.1) is 16.4 Å². The second-order valence-corrected chi connectivity index (χ2v) is 8.87. The fourth-order valence-corrected chi connectivity index (χ4v) is 4.96. The molecule has 0 spiro atoms. The molecule has 4 rings (SSSR count). The minimum absolute atomic E-state index is 0.172. The van der Waals surface area contributed by atoms with Crippen molar-refractivity contribution < 1.29 is 8.78 Å². The average molecular weight is 451 g/mol. The van der Waals surface area contributed by atoms with Crippen molar-refractivity contribution >= 4 is 23.4 Å². The van der Waals surface area contributed by atoms with E-state index in [0.717, 1.165) is 24.2 Å². The third kappa shape index (κ3) is 4.92. The zero-order valence-corrected chi connectivity index (χ0v) is 17.8. The first-order chi connectivity index (χ1) is 14.5. The van der Waals surface area contributed by atoms with Crippen LogP contribution < -0.4 is 5.56 Å². The second-order valence-electron chi connectivity index (χ2n) is 7.53. The van der Waals surface area contributed by atoms with Gasteiger partial charge in [-0.15, -0.1) is 0 Å². The van der Waals surface area contributed by atoms with Gasteiger partial charge in [0.1, 0.15) is 0 Å². The van der Waals surface area contributed by atoms with Gasteiger partial charge in [-0.05, 0) is 30.5 Å². The van der Waals surface area contributed by atoms with Crippen LogP contribution >= 0.6 is 23.4 Å². The number of halogens is 3. The van der Waals surface area contributed by atoms with Gasteiger partial charge in [0.2, 0.25) is 0 Å². The number of aromatic nitrogens is 4. The first-order valence-corrected chi connectivity index (χ1v) is 11.3. The summed E-state index contributed by atoms with van der Waals surface area (Å²) >= 11 is 7.72. The van der Waals surface area contributed by atoms with Gasteiger partial charge in [-0.2, -0.15) is 5.10 Å². The maximum atomic E-state index is 13.5. The van der Waals surface area contributed by atoms with Gasteiger partial charge in [0, 0.05) is 23.1 Å². The molecule has 0 amide bonds. The van der Waals surface area contributed by atoms with Gasteiger partial charge < -0.3 is 4.98 Å². The Balaban J connectivity index is 1.46. The van der Waals surface area contributed by atoms with E-state index < -0.39 is 11.6 Å². The number of rotatable bonds is 6. The monoisotopic (exact) mass is 450 g/mol. The first-order valence-electron chi connectivity index (χ1n) is 9.91. The summed E-state index contributed by atoms with van der Waals surface area (Å²) in [7, 11) is 0. The Hall–Kier alpha value is -2.19. The number of H-pyrrole nitrogens is 2. The van der Waals surface area contributed by atoms with Crippen molar-refractivity contribution in [3.8, 4) is 11.3 Å². The summed E-state index contributed by atoms with van der Waals surface area (Å²) in [6.07, 6.45) is 6.97. The van der Waals surface area contributed by atoms with Crippen LogP contribution in [0.1, 0.15) is 43.5 Å². The topological polar surface area (TPSA) is 74.4 Å². The Bertz CT molecular complexity index is 1090. The molecule has 0 radical (unpaired) electrons. The molecule has 1 aliphatic carbocycles. The molecule has 2 aromatic heterocycles. The number of hydrogen-bond donors (Lipinski definition) is 2. The lowest BCUT2D eigenvalue weighted by molar-refractivity contribution is 0.353. The quantitative estimate of drug-likeness (QED) is 0.383. The van der Waals surface area contributed by atoms with Crippen molar-refractivity contribution in [2.75, 3.05) is 0 Å². The summed E-state index contributed by atoms with van der Waals surface area (Å²) in [6.45, 7) is 0. The molecule has 3 aromatic rings. The Kier molecular flexibility index (Phi) is 6.53. The van der Waals surface area contributed by atoms with Crippen molar-refractivity contribution in [2.45, 2.75) is 49.4 Å². The van der Waals surface area contributed by atoms with Gasteiger partial charge in [0.15, 0.2) is 16.8 Å². The SMILES string of the molecule is O=c1cc(CC2CCCCC2)nc(SCc2n[nH]c(-c3ccc(F)c(F)c3)c2Cl)[nH]1. The van der Waals surface area contributed by atoms with E-state index in [2.05, 4.69) is 20.2 Å². The predicted molar refractivity (Wildman–Crippen MR) is 114 cm³/mol. The zero-order chi connectivity index (χ0) is 21.1. The minimum Gasteiger partial charge on any atom is -0.301 e. The molecule has 1 aliphatic rings. The van der Waals surface area contributed by atoms with E-state index in [1.807, 2.05) is 0 Å². The van der Waals surface area contributed by atoms with Gasteiger partial charge >= 0.3 is 0 Å². The highest BCUT2D eigenvalue weighted by Gasteiger charge is 2.17. The molecule has 0 bridgehead atoms. The van der Waals surface area contributed by atoms with Crippen LogP contribution in [0.2, 0.25) is 5.02 Å². The number of thioether (sulfide) groups is 1. The summed E-state index contributed by atoms with van der Waals surface area (Å²) in [5, 5.41) is 7.80. The van der Waals surface area contributed by atoms with E-state index in [4.69, 9.17) is 11.6 Å². The molecule has 0 unspecified atom stereocenters. The highest BCUT2D eigenvalue weighted by molar-refractivity contribution is 7.98. The molecule has 0 saturated heterocycles. The van der Waals surface area contributed by atoms with E-state index in [-0.39, 0.29) is 5.56 Å². The molecule has 1 fully saturated rings. The highest BCUT2D eigenvalue weighted by Crippen LogP contribution is 2.32. The maximum absolute atomic E-state index is 13.5. The molecule has 1 saturated carbocycles. The number of nitrogens with one attached hydrogen (secondary N) is 2. The fraction of sp³-hybridized carbons (Fsp3) is 0.381. The van der Waals surface area contributed by atoms with Crippen molar-refractivity contribution in [3.63, 3.8) is 0 Å². The van der Waals surface area contributed by atoms with Crippen LogP contribution in [-0.2, 0) is 12.2 Å². The number of benzene rings is 1. The molecule has 1 aromatic carbocycles. The highest BCUT2D eigenvalue weighted by atomic mass is 35.5. The van der Waals surface area contributed by atoms with Crippen LogP contribution in [-0.4, -0.2) is 20.2 Å². The molecule has 2 N–H and O–H groups in total. The lowest BCUT2D eigenvalue weighted by atomic mass is 9.86. The molecule has 0 aliphatic heterocycles. The molecule has 0 atom stereocenters. The van der Waals surface area contributed by atoms with Crippen molar-refractivity contribution in [1.82, 2.24) is 20.2 Å². The van der Waals surface area contributed by atoms with Crippen LogP contribution in [0.15, 0.2) is 34.2 Å². The van der Waals surface area contributed by atoms with Crippen molar-refractivity contribution in [1.29, 1.82) is 0 Å². The largest absolute Gasteiger partial charge is 0.301 e.